The molecule has 0 saturated carbocycles. The summed E-state index contributed by atoms with van der Waals surface area (Å²) < 4.78 is 4.76. The summed E-state index contributed by atoms with van der Waals surface area (Å²) in [5.74, 6) is 0. The molecule has 0 fully saturated rings. The Kier molecular flexibility index (Phi) is 6.81. The van der Waals surface area contributed by atoms with Crippen LogP contribution in [-0.4, -0.2) is 9.13 Å². The van der Waals surface area contributed by atoms with Crippen molar-refractivity contribution in [1.82, 2.24) is 9.13 Å². The van der Waals surface area contributed by atoms with Gasteiger partial charge in [0.15, 0.2) is 0 Å². The van der Waals surface area contributed by atoms with Crippen LogP contribution in [0, 0.1) is 0 Å². The Hall–Kier alpha value is -6.84. The monoisotopic (exact) mass is 651 g/mol. The fraction of sp³-hybridized carbons (Fsp3) is 0. The lowest BCUT2D eigenvalue weighted by Gasteiger charge is -2.27. The van der Waals surface area contributed by atoms with E-state index in [4.69, 9.17) is 0 Å². The molecular weight excluding hydrogens is 619 g/mol. The summed E-state index contributed by atoms with van der Waals surface area (Å²) in [4.78, 5) is 2.36. The zero-order chi connectivity index (χ0) is 33.7. The van der Waals surface area contributed by atoms with Crippen LogP contribution in [-0.2, 0) is 0 Å². The van der Waals surface area contributed by atoms with Gasteiger partial charge in [-0.1, -0.05) is 121 Å². The zero-order valence-electron chi connectivity index (χ0n) is 27.9. The van der Waals surface area contributed by atoms with Crippen LogP contribution < -0.4 is 4.90 Å². The summed E-state index contributed by atoms with van der Waals surface area (Å²) >= 11 is 0. The van der Waals surface area contributed by atoms with Crippen LogP contribution in [0.5, 0.6) is 0 Å². The summed E-state index contributed by atoms with van der Waals surface area (Å²) in [5.41, 5.74) is 12.7. The molecule has 240 valence electrons. The third-order valence-electron chi connectivity index (χ3n) is 10.1. The van der Waals surface area contributed by atoms with Gasteiger partial charge in [-0.25, -0.2) is 0 Å². The molecule has 0 N–H and O–H groups in total. The van der Waals surface area contributed by atoms with Crippen LogP contribution in [0.1, 0.15) is 0 Å². The molecule has 10 rings (SSSR count). The minimum absolute atomic E-state index is 1.09. The lowest BCUT2D eigenvalue weighted by molar-refractivity contribution is 1.16. The molecule has 0 spiro atoms. The van der Waals surface area contributed by atoms with Gasteiger partial charge in [-0.2, -0.15) is 0 Å². The first-order chi connectivity index (χ1) is 25.3. The first-order valence-electron chi connectivity index (χ1n) is 17.4. The number of benzene rings is 8. The van der Waals surface area contributed by atoms with Crippen molar-refractivity contribution in [3.8, 4) is 22.5 Å². The lowest BCUT2D eigenvalue weighted by Crippen LogP contribution is -2.10. The van der Waals surface area contributed by atoms with Gasteiger partial charge in [0, 0.05) is 50.0 Å². The molecule has 10 aromatic rings. The molecule has 0 atom stereocenters. The number of aromatic nitrogens is 2. The number of rotatable bonds is 6. The lowest BCUT2D eigenvalue weighted by atomic mass is 10.0. The van der Waals surface area contributed by atoms with Gasteiger partial charge in [-0.15, -0.1) is 0 Å². The number of hydrogen-bond acceptors (Lipinski definition) is 1. The minimum Gasteiger partial charge on any atom is -0.310 e. The first-order valence-corrected chi connectivity index (χ1v) is 17.4. The molecule has 8 aromatic carbocycles. The Morgan fingerprint density at radius 1 is 0.275 bits per heavy atom. The van der Waals surface area contributed by atoms with Crippen LogP contribution in [0.3, 0.4) is 0 Å². The van der Waals surface area contributed by atoms with Crippen molar-refractivity contribution >= 4 is 60.7 Å². The molecule has 0 aliphatic carbocycles. The van der Waals surface area contributed by atoms with E-state index >= 15 is 0 Å². The van der Waals surface area contributed by atoms with Crippen LogP contribution in [0.2, 0.25) is 0 Å². The predicted octanol–water partition coefficient (Wildman–Crippen LogP) is 13.0. The Balaban J connectivity index is 1.13. The Morgan fingerprint density at radius 2 is 0.686 bits per heavy atom. The maximum atomic E-state index is 2.39. The van der Waals surface area contributed by atoms with E-state index in [1.807, 2.05) is 0 Å². The molecule has 2 aromatic heterocycles. The quantitative estimate of drug-likeness (QED) is 0.174. The molecule has 0 radical (unpaired) electrons. The van der Waals surface area contributed by atoms with Crippen LogP contribution in [0.25, 0.3) is 66.1 Å². The van der Waals surface area contributed by atoms with Gasteiger partial charge >= 0.3 is 0 Å². The molecule has 0 aliphatic rings. The highest BCUT2D eigenvalue weighted by atomic mass is 15.1. The van der Waals surface area contributed by atoms with Gasteiger partial charge in [0.25, 0.3) is 0 Å². The van der Waals surface area contributed by atoms with Gasteiger partial charge in [0.2, 0.25) is 0 Å². The number of fused-ring (bicyclic) bond motifs is 6. The van der Waals surface area contributed by atoms with E-state index in [2.05, 4.69) is 214 Å². The molecule has 0 bridgehead atoms. The largest absolute Gasteiger partial charge is 0.310 e. The summed E-state index contributed by atoms with van der Waals surface area (Å²) in [5, 5.41) is 5.04. The summed E-state index contributed by atoms with van der Waals surface area (Å²) in [6, 6.07) is 72.1. The number of hydrogen-bond donors (Lipinski definition) is 0. The maximum absolute atomic E-state index is 2.39. The molecule has 2 heterocycles. The molecule has 3 nitrogen and oxygen atoms in total. The average molecular weight is 652 g/mol. The molecule has 0 unspecified atom stereocenters. The third-order valence-corrected chi connectivity index (χ3v) is 10.1. The topological polar surface area (TPSA) is 13.1 Å². The van der Waals surface area contributed by atoms with Crippen molar-refractivity contribution in [3.63, 3.8) is 0 Å². The molecule has 0 saturated heterocycles. The highest BCUT2D eigenvalue weighted by molar-refractivity contribution is 6.10. The second-order valence-corrected chi connectivity index (χ2v) is 13.0. The summed E-state index contributed by atoms with van der Waals surface area (Å²) in [6.07, 6.45) is 0. The zero-order valence-corrected chi connectivity index (χ0v) is 27.9. The van der Waals surface area contributed by atoms with E-state index in [1.54, 1.807) is 0 Å². The van der Waals surface area contributed by atoms with E-state index in [1.165, 1.54) is 54.7 Å². The van der Waals surface area contributed by atoms with E-state index in [0.717, 1.165) is 28.4 Å². The highest BCUT2D eigenvalue weighted by Crippen LogP contribution is 2.40. The molecule has 0 aliphatic heterocycles. The standard InChI is InChI=1S/C48H33N3/c1-2-13-34(14-3-1)35-25-27-36(28-26-35)49(37-29-31-38(32-30-37)50-45-21-8-4-17-41(45)42-18-5-9-22-46(42)50)39-15-12-16-40(33-39)51-47-23-10-6-19-43(47)44-20-7-11-24-48(44)51/h1-33H. The van der Waals surface area contributed by atoms with E-state index in [9.17, 15) is 0 Å². The van der Waals surface area contributed by atoms with E-state index in [-0.39, 0.29) is 0 Å². The second kappa shape index (κ2) is 11.9. The number of nitrogens with zero attached hydrogens (tertiary/aromatic N) is 3. The Morgan fingerprint density at radius 3 is 1.20 bits per heavy atom. The van der Waals surface area contributed by atoms with Crippen molar-refractivity contribution in [1.29, 1.82) is 0 Å². The van der Waals surface area contributed by atoms with Crippen molar-refractivity contribution in [2.75, 3.05) is 4.90 Å². The van der Waals surface area contributed by atoms with E-state index < -0.39 is 0 Å². The minimum atomic E-state index is 1.09. The van der Waals surface area contributed by atoms with Gasteiger partial charge in [-0.05, 0) is 90.0 Å². The average Bonchev–Trinajstić information content (AvgIpc) is 3.72. The van der Waals surface area contributed by atoms with Crippen molar-refractivity contribution in [2.45, 2.75) is 0 Å². The summed E-state index contributed by atoms with van der Waals surface area (Å²) in [6.45, 7) is 0. The van der Waals surface area contributed by atoms with Gasteiger partial charge in [-0.3, -0.25) is 0 Å². The third kappa shape index (κ3) is 4.82. The first kappa shape index (κ1) is 29.1. The fourth-order valence-corrected chi connectivity index (χ4v) is 7.80. The fourth-order valence-electron chi connectivity index (χ4n) is 7.80. The SMILES string of the molecule is c1ccc(-c2ccc(N(c3ccc(-n4c5ccccc5c5ccccc54)cc3)c3cccc(-n4c5ccccc5c5ccccc54)c3)cc2)cc1. The van der Waals surface area contributed by atoms with Crippen molar-refractivity contribution in [3.05, 3.63) is 200 Å². The van der Waals surface area contributed by atoms with Crippen molar-refractivity contribution in [2.24, 2.45) is 0 Å². The maximum Gasteiger partial charge on any atom is 0.0541 e. The number of anilines is 3. The van der Waals surface area contributed by atoms with E-state index in [0.29, 0.717) is 0 Å². The molecular formula is C48H33N3. The highest BCUT2D eigenvalue weighted by Gasteiger charge is 2.18. The normalized spacial score (nSPS) is 11.5. The molecule has 51 heavy (non-hydrogen) atoms. The van der Waals surface area contributed by atoms with Crippen LogP contribution in [0.15, 0.2) is 200 Å². The Labute approximate surface area is 296 Å². The van der Waals surface area contributed by atoms with Crippen LogP contribution >= 0.6 is 0 Å². The van der Waals surface area contributed by atoms with Gasteiger partial charge < -0.3 is 14.0 Å². The van der Waals surface area contributed by atoms with Gasteiger partial charge in [0.05, 0.1) is 22.1 Å². The summed E-state index contributed by atoms with van der Waals surface area (Å²) in [7, 11) is 0. The number of para-hydroxylation sites is 4. The van der Waals surface area contributed by atoms with Crippen LogP contribution in [0.4, 0.5) is 17.1 Å². The van der Waals surface area contributed by atoms with Crippen molar-refractivity contribution < 1.29 is 0 Å². The Bertz CT molecular complexity index is 2740. The smallest absolute Gasteiger partial charge is 0.0541 e. The molecule has 0 amide bonds. The second-order valence-electron chi connectivity index (χ2n) is 13.0. The predicted molar refractivity (Wildman–Crippen MR) is 215 cm³/mol. The molecule has 3 heteroatoms. The van der Waals surface area contributed by atoms with Gasteiger partial charge in [0.1, 0.15) is 0 Å².